The van der Waals surface area contributed by atoms with Crippen LogP contribution in [0.1, 0.15) is 26.7 Å². The Morgan fingerprint density at radius 1 is 1.17 bits per heavy atom. The van der Waals surface area contributed by atoms with Crippen LogP contribution in [0.15, 0.2) is 15.7 Å². The summed E-state index contributed by atoms with van der Waals surface area (Å²) < 4.78 is 4.32. The van der Waals surface area contributed by atoms with Gasteiger partial charge in [-0.1, -0.05) is 13.8 Å². The van der Waals surface area contributed by atoms with E-state index in [4.69, 9.17) is 5.73 Å². The Bertz CT molecular complexity index is 986. The van der Waals surface area contributed by atoms with Crippen molar-refractivity contribution >= 4 is 17.0 Å². The Morgan fingerprint density at radius 2 is 1.83 bits per heavy atom. The van der Waals surface area contributed by atoms with Crippen LogP contribution in [0.5, 0.6) is 0 Å². The number of nitrogens with two attached hydrogens (primary N) is 1. The smallest absolute Gasteiger partial charge is 0.332 e. The molecule has 0 fully saturated rings. The summed E-state index contributed by atoms with van der Waals surface area (Å²) in [5.41, 5.74) is 6.33. The third kappa shape index (κ3) is 2.41. The maximum absolute atomic E-state index is 12.6. The van der Waals surface area contributed by atoms with Gasteiger partial charge in [0.25, 0.3) is 5.56 Å². The molecule has 0 saturated heterocycles. The first-order valence-corrected chi connectivity index (χ1v) is 8.01. The Labute approximate surface area is 137 Å². The maximum atomic E-state index is 12.6. The van der Waals surface area contributed by atoms with Crippen molar-refractivity contribution < 1.29 is 0 Å². The summed E-state index contributed by atoms with van der Waals surface area (Å²) in [6, 6.07) is 1.67. The van der Waals surface area contributed by atoms with E-state index in [-0.39, 0.29) is 11.2 Å². The van der Waals surface area contributed by atoms with Gasteiger partial charge in [-0.25, -0.2) is 9.78 Å². The van der Waals surface area contributed by atoms with Gasteiger partial charge in [0.15, 0.2) is 11.5 Å². The van der Waals surface area contributed by atoms with Crippen molar-refractivity contribution in [1.82, 2.24) is 28.9 Å². The second kappa shape index (κ2) is 5.99. The van der Waals surface area contributed by atoms with Crippen LogP contribution in [-0.2, 0) is 20.1 Å². The summed E-state index contributed by atoms with van der Waals surface area (Å²) >= 11 is 0. The normalized spacial score (nSPS) is 11.5. The quantitative estimate of drug-likeness (QED) is 0.713. The molecule has 0 atom stereocenters. The highest BCUT2D eigenvalue weighted by Gasteiger charge is 2.18. The zero-order valence-corrected chi connectivity index (χ0v) is 14.0. The van der Waals surface area contributed by atoms with Crippen molar-refractivity contribution in [2.75, 3.05) is 5.73 Å². The number of hydrogen-bond acceptors (Lipinski definition) is 5. The SMILES string of the molecule is CCCn1c(=O)c2[nH]c(-c3cc(N)n(C)n3)nc2n(CCC)c1=O. The average molecular weight is 331 g/mol. The van der Waals surface area contributed by atoms with Gasteiger partial charge in [-0.3, -0.25) is 18.6 Å². The number of nitrogen functional groups attached to an aromatic ring is 1. The fraction of sp³-hybridized carbons (Fsp3) is 0.467. The molecule has 0 radical (unpaired) electrons. The minimum absolute atomic E-state index is 0.315. The number of hydrogen-bond donors (Lipinski definition) is 2. The Kier molecular flexibility index (Phi) is 4.00. The van der Waals surface area contributed by atoms with Gasteiger partial charge in [0.1, 0.15) is 17.0 Å². The molecule has 0 bridgehead atoms. The van der Waals surface area contributed by atoms with Crippen molar-refractivity contribution in [1.29, 1.82) is 0 Å². The molecule has 9 nitrogen and oxygen atoms in total. The minimum atomic E-state index is -0.355. The molecule has 0 spiro atoms. The predicted molar refractivity (Wildman–Crippen MR) is 91.8 cm³/mol. The largest absolute Gasteiger partial charge is 0.384 e. The van der Waals surface area contributed by atoms with Gasteiger partial charge in [0.05, 0.1) is 0 Å². The number of H-pyrrole nitrogens is 1. The zero-order chi connectivity index (χ0) is 17.4. The summed E-state index contributed by atoms with van der Waals surface area (Å²) in [6.07, 6.45) is 1.46. The number of aryl methyl sites for hydroxylation is 2. The van der Waals surface area contributed by atoms with Crippen LogP contribution >= 0.6 is 0 Å². The van der Waals surface area contributed by atoms with Crippen molar-refractivity contribution in [3.05, 3.63) is 26.9 Å². The monoisotopic (exact) mass is 331 g/mol. The standard InChI is InChI=1S/C15H21N7O2/c1-4-6-21-13-11(14(23)22(7-5-2)15(21)24)17-12(18-13)9-8-10(16)20(3)19-9/h8H,4-7,16H2,1-3H3,(H,17,18). The van der Waals surface area contributed by atoms with Crippen LogP contribution in [0.3, 0.4) is 0 Å². The number of aromatic amines is 1. The Hall–Kier alpha value is -2.84. The van der Waals surface area contributed by atoms with Gasteiger partial charge in [-0.05, 0) is 12.8 Å². The van der Waals surface area contributed by atoms with E-state index < -0.39 is 0 Å². The van der Waals surface area contributed by atoms with Gasteiger partial charge in [-0.2, -0.15) is 5.10 Å². The summed E-state index contributed by atoms with van der Waals surface area (Å²) in [7, 11) is 1.72. The van der Waals surface area contributed by atoms with Crippen molar-refractivity contribution in [2.24, 2.45) is 7.05 Å². The lowest BCUT2D eigenvalue weighted by Crippen LogP contribution is -2.40. The lowest BCUT2D eigenvalue weighted by molar-refractivity contribution is 0.555. The molecule has 3 N–H and O–H groups in total. The van der Waals surface area contributed by atoms with Gasteiger partial charge in [0.2, 0.25) is 0 Å². The average Bonchev–Trinajstić information content (AvgIpc) is 3.13. The summed E-state index contributed by atoms with van der Waals surface area (Å²) in [4.78, 5) is 32.7. The first-order chi connectivity index (χ1) is 11.5. The molecule has 3 rings (SSSR count). The molecule has 0 aliphatic heterocycles. The molecule has 0 saturated carbocycles. The van der Waals surface area contributed by atoms with E-state index in [1.807, 2.05) is 13.8 Å². The number of anilines is 1. The van der Waals surface area contributed by atoms with Crippen molar-refractivity contribution in [2.45, 2.75) is 39.8 Å². The number of fused-ring (bicyclic) bond motifs is 1. The predicted octanol–water partition coefficient (Wildman–Crippen LogP) is 0.689. The van der Waals surface area contributed by atoms with Gasteiger partial charge in [0, 0.05) is 26.2 Å². The molecule has 0 amide bonds. The second-order valence-corrected chi connectivity index (χ2v) is 5.75. The lowest BCUT2D eigenvalue weighted by atomic mass is 10.4. The van der Waals surface area contributed by atoms with Crippen molar-refractivity contribution in [3.63, 3.8) is 0 Å². The van der Waals surface area contributed by atoms with Gasteiger partial charge in [-0.15, -0.1) is 0 Å². The molecule has 3 aromatic heterocycles. The Balaban J connectivity index is 2.31. The highest BCUT2D eigenvalue weighted by molar-refractivity contribution is 5.75. The molecule has 9 heteroatoms. The van der Waals surface area contributed by atoms with Crippen LogP contribution in [0.2, 0.25) is 0 Å². The molecule has 128 valence electrons. The molecule has 24 heavy (non-hydrogen) atoms. The van der Waals surface area contributed by atoms with Crippen LogP contribution in [-0.4, -0.2) is 28.9 Å². The third-order valence-electron chi connectivity index (χ3n) is 3.91. The van der Waals surface area contributed by atoms with Crippen LogP contribution in [0.25, 0.3) is 22.7 Å². The lowest BCUT2D eigenvalue weighted by Gasteiger charge is -2.09. The van der Waals surface area contributed by atoms with Crippen LogP contribution < -0.4 is 17.0 Å². The molecular formula is C15H21N7O2. The number of nitrogens with one attached hydrogen (secondary N) is 1. The zero-order valence-electron chi connectivity index (χ0n) is 14.0. The molecule has 0 unspecified atom stereocenters. The van der Waals surface area contributed by atoms with E-state index in [2.05, 4.69) is 15.1 Å². The molecule has 3 aromatic rings. The topological polar surface area (TPSA) is 117 Å². The van der Waals surface area contributed by atoms with E-state index in [0.29, 0.717) is 48.0 Å². The highest BCUT2D eigenvalue weighted by atomic mass is 16.2. The van der Waals surface area contributed by atoms with Gasteiger partial charge < -0.3 is 10.7 Å². The van der Waals surface area contributed by atoms with Crippen molar-refractivity contribution in [3.8, 4) is 11.5 Å². The van der Waals surface area contributed by atoms with Gasteiger partial charge >= 0.3 is 5.69 Å². The summed E-state index contributed by atoms with van der Waals surface area (Å²) in [5.74, 6) is 0.910. The molecule has 3 heterocycles. The summed E-state index contributed by atoms with van der Waals surface area (Å²) in [5, 5.41) is 4.26. The van der Waals surface area contributed by atoms with E-state index in [1.54, 1.807) is 17.7 Å². The molecule has 0 aliphatic carbocycles. The first-order valence-electron chi connectivity index (χ1n) is 8.01. The second-order valence-electron chi connectivity index (χ2n) is 5.75. The number of rotatable bonds is 5. The Morgan fingerprint density at radius 3 is 2.42 bits per heavy atom. The summed E-state index contributed by atoms with van der Waals surface area (Å²) in [6.45, 7) is 4.77. The van der Waals surface area contributed by atoms with E-state index >= 15 is 0 Å². The molecular weight excluding hydrogens is 310 g/mol. The van der Waals surface area contributed by atoms with E-state index in [0.717, 1.165) is 6.42 Å². The van der Waals surface area contributed by atoms with E-state index in [9.17, 15) is 9.59 Å². The highest BCUT2D eigenvalue weighted by Crippen LogP contribution is 2.19. The fourth-order valence-electron chi connectivity index (χ4n) is 2.73. The van der Waals surface area contributed by atoms with Crippen LogP contribution in [0, 0.1) is 0 Å². The molecule has 0 aromatic carbocycles. The number of aromatic nitrogens is 6. The molecule has 0 aliphatic rings. The first kappa shape index (κ1) is 16.0. The fourth-order valence-corrected chi connectivity index (χ4v) is 2.73. The van der Waals surface area contributed by atoms with Crippen LogP contribution in [0.4, 0.5) is 5.82 Å². The third-order valence-corrected chi connectivity index (χ3v) is 3.91. The number of nitrogens with zero attached hydrogens (tertiary/aromatic N) is 5. The number of imidazole rings is 1. The van der Waals surface area contributed by atoms with E-state index in [1.165, 1.54) is 9.25 Å². The maximum Gasteiger partial charge on any atom is 0.332 e. The minimum Gasteiger partial charge on any atom is -0.384 e.